The molecule has 0 bridgehead atoms. The molecule has 0 aliphatic rings. The van der Waals surface area contributed by atoms with E-state index in [4.69, 9.17) is 16.3 Å². The monoisotopic (exact) mass is 251 g/mol. The molecule has 0 aliphatic carbocycles. The van der Waals surface area contributed by atoms with Crippen LogP contribution in [-0.2, 0) is 11.3 Å². The summed E-state index contributed by atoms with van der Waals surface area (Å²) < 4.78 is 6.75. The number of ether oxygens (including phenoxy) is 1. The van der Waals surface area contributed by atoms with Gasteiger partial charge in [0.05, 0.1) is 0 Å². The number of Topliss-reactive ketones (excluding diaryl/α,β-unsaturated/α-hetero) is 1. The number of aromatic nitrogens is 3. The summed E-state index contributed by atoms with van der Waals surface area (Å²) in [4.78, 5) is 15.3. The second kappa shape index (κ2) is 5.45. The van der Waals surface area contributed by atoms with Gasteiger partial charge in [0, 0.05) is 5.02 Å². The Kier molecular flexibility index (Phi) is 3.72. The lowest BCUT2D eigenvalue weighted by atomic mass is 10.3. The van der Waals surface area contributed by atoms with E-state index in [0.29, 0.717) is 10.8 Å². The summed E-state index contributed by atoms with van der Waals surface area (Å²) in [7, 11) is 0. The zero-order chi connectivity index (χ0) is 12.1. The molecular formula is C11H10ClN3O2. The van der Waals surface area contributed by atoms with E-state index >= 15 is 0 Å². The van der Waals surface area contributed by atoms with Crippen LogP contribution in [0, 0.1) is 0 Å². The number of halogens is 1. The van der Waals surface area contributed by atoms with Gasteiger partial charge in [-0.15, -0.1) is 0 Å². The molecule has 0 fully saturated rings. The minimum Gasteiger partial charge on any atom is -0.486 e. The average molecular weight is 252 g/mol. The fraction of sp³-hybridized carbons (Fsp3) is 0.182. The third kappa shape index (κ3) is 3.57. The van der Waals surface area contributed by atoms with Crippen LogP contribution in [0.5, 0.6) is 5.75 Å². The van der Waals surface area contributed by atoms with Gasteiger partial charge in [-0.25, -0.2) is 9.67 Å². The van der Waals surface area contributed by atoms with Crippen LogP contribution in [0.4, 0.5) is 0 Å². The fourth-order valence-corrected chi connectivity index (χ4v) is 1.36. The molecule has 0 spiro atoms. The molecule has 0 amide bonds. The Bertz CT molecular complexity index is 482. The molecule has 1 heterocycles. The van der Waals surface area contributed by atoms with Crippen LogP contribution in [0.3, 0.4) is 0 Å². The number of benzene rings is 1. The van der Waals surface area contributed by atoms with Crippen molar-refractivity contribution in [3.63, 3.8) is 0 Å². The van der Waals surface area contributed by atoms with E-state index in [9.17, 15) is 4.79 Å². The van der Waals surface area contributed by atoms with Crippen LogP contribution in [0.2, 0.25) is 5.02 Å². The third-order valence-corrected chi connectivity index (χ3v) is 2.27. The number of carbonyl (C=O) groups is 1. The van der Waals surface area contributed by atoms with Gasteiger partial charge < -0.3 is 4.74 Å². The van der Waals surface area contributed by atoms with Gasteiger partial charge in [0.2, 0.25) is 0 Å². The SMILES string of the molecule is O=C(COc1ccc(Cl)cc1)Cn1cncn1. The van der Waals surface area contributed by atoms with Crippen molar-refractivity contribution in [3.05, 3.63) is 41.9 Å². The highest BCUT2D eigenvalue weighted by molar-refractivity contribution is 6.30. The predicted molar refractivity (Wildman–Crippen MR) is 62.0 cm³/mol. The maximum absolute atomic E-state index is 11.5. The van der Waals surface area contributed by atoms with Gasteiger partial charge in [0.1, 0.15) is 31.6 Å². The van der Waals surface area contributed by atoms with E-state index in [1.165, 1.54) is 17.3 Å². The number of ketones is 1. The van der Waals surface area contributed by atoms with Gasteiger partial charge in [-0.05, 0) is 24.3 Å². The van der Waals surface area contributed by atoms with E-state index in [-0.39, 0.29) is 18.9 Å². The Morgan fingerprint density at radius 3 is 2.76 bits per heavy atom. The van der Waals surface area contributed by atoms with E-state index in [2.05, 4.69) is 10.1 Å². The third-order valence-electron chi connectivity index (χ3n) is 2.02. The van der Waals surface area contributed by atoms with Crippen molar-refractivity contribution < 1.29 is 9.53 Å². The Morgan fingerprint density at radius 2 is 2.12 bits per heavy atom. The molecule has 1 aromatic heterocycles. The molecule has 0 atom stereocenters. The van der Waals surface area contributed by atoms with Gasteiger partial charge in [0.25, 0.3) is 0 Å². The lowest BCUT2D eigenvalue weighted by molar-refractivity contribution is -0.121. The number of carbonyl (C=O) groups excluding carboxylic acids is 1. The Labute approximate surface area is 103 Å². The van der Waals surface area contributed by atoms with Crippen LogP contribution in [-0.4, -0.2) is 27.2 Å². The molecule has 1 aromatic carbocycles. The highest BCUT2D eigenvalue weighted by Crippen LogP contribution is 2.15. The molecule has 2 rings (SSSR count). The van der Waals surface area contributed by atoms with E-state index < -0.39 is 0 Å². The minimum atomic E-state index is -0.0783. The summed E-state index contributed by atoms with van der Waals surface area (Å²) >= 11 is 5.73. The standard InChI is InChI=1S/C11H10ClN3O2/c12-9-1-3-11(4-2-9)17-6-10(16)5-15-8-13-7-14-15/h1-4,7-8H,5-6H2. The van der Waals surface area contributed by atoms with Crippen molar-refractivity contribution in [3.8, 4) is 5.75 Å². The summed E-state index contributed by atoms with van der Waals surface area (Å²) in [6.45, 7) is 0.162. The van der Waals surface area contributed by atoms with E-state index in [1.807, 2.05) is 0 Å². The highest BCUT2D eigenvalue weighted by atomic mass is 35.5. The first-order valence-corrected chi connectivity index (χ1v) is 5.34. The smallest absolute Gasteiger partial charge is 0.191 e. The minimum absolute atomic E-state index is 0.00148. The summed E-state index contributed by atoms with van der Waals surface area (Å²) in [6, 6.07) is 6.84. The number of nitrogens with zero attached hydrogens (tertiary/aromatic N) is 3. The van der Waals surface area contributed by atoms with Crippen LogP contribution in [0.1, 0.15) is 0 Å². The summed E-state index contributed by atoms with van der Waals surface area (Å²) in [6.07, 6.45) is 2.87. The molecule has 88 valence electrons. The Morgan fingerprint density at radius 1 is 1.35 bits per heavy atom. The summed E-state index contributed by atoms with van der Waals surface area (Å²) in [5, 5.41) is 4.47. The average Bonchev–Trinajstić information content (AvgIpc) is 2.81. The first kappa shape index (κ1) is 11.6. The lowest BCUT2D eigenvalue weighted by Crippen LogP contribution is -2.18. The largest absolute Gasteiger partial charge is 0.486 e. The zero-order valence-electron chi connectivity index (χ0n) is 8.91. The molecule has 17 heavy (non-hydrogen) atoms. The van der Waals surface area contributed by atoms with Crippen LogP contribution < -0.4 is 4.74 Å². The topological polar surface area (TPSA) is 57.0 Å². The fourth-order valence-electron chi connectivity index (χ4n) is 1.24. The molecule has 0 saturated heterocycles. The van der Waals surface area contributed by atoms with Crippen molar-refractivity contribution in [2.75, 3.05) is 6.61 Å². The number of hydrogen-bond donors (Lipinski definition) is 0. The van der Waals surface area contributed by atoms with Gasteiger partial charge in [-0.1, -0.05) is 11.6 Å². The molecule has 6 heteroatoms. The molecular weight excluding hydrogens is 242 g/mol. The van der Waals surface area contributed by atoms with Crippen molar-refractivity contribution in [1.29, 1.82) is 0 Å². The highest BCUT2D eigenvalue weighted by Gasteiger charge is 2.04. The van der Waals surface area contributed by atoms with Crippen LogP contribution >= 0.6 is 11.6 Å². The Balaban J connectivity index is 1.82. The van der Waals surface area contributed by atoms with Gasteiger partial charge >= 0.3 is 0 Å². The quantitative estimate of drug-likeness (QED) is 0.810. The first-order valence-electron chi connectivity index (χ1n) is 4.96. The molecule has 0 radical (unpaired) electrons. The number of hydrogen-bond acceptors (Lipinski definition) is 4. The van der Waals surface area contributed by atoms with Gasteiger partial charge in [-0.2, -0.15) is 5.10 Å². The van der Waals surface area contributed by atoms with Crippen molar-refractivity contribution in [1.82, 2.24) is 14.8 Å². The van der Waals surface area contributed by atoms with Crippen molar-refractivity contribution >= 4 is 17.4 Å². The number of rotatable bonds is 5. The Hall–Kier alpha value is -1.88. The maximum atomic E-state index is 11.5. The van der Waals surface area contributed by atoms with Gasteiger partial charge in [0.15, 0.2) is 5.78 Å². The van der Waals surface area contributed by atoms with Crippen LogP contribution in [0.15, 0.2) is 36.9 Å². The molecule has 2 aromatic rings. The van der Waals surface area contributed by atoms with Crippen molar-refractivity contribution in [2.24, 2.45) is 0 Å². The predicted octanol–water partition coefficient (Wildman–Crippen LogP) is 1.58. The van der Waals surface area contributed by atoms with Crippen LogP contribution in [0.25, 0.3) is 0 Å². The van der Waals surface area contributed by atoms with Gasteiger partial charge in [-0.3, -0.25) is 4.79 Å². The summed E-state index contributed by atoms with van der Waals surface area (Å²) in [5.41, 5.74) is 0. The summed E-state index contributed by atoms with van der Waals surface area (Å²) in [5.74, 6) is 0.534. The molecule has 0 aliphatic heterocycles. The maximum Gasteiger partial charge on any atom is 0.191 e. The van der Waals surface area contributed by atoms with E-state index in [0.717, 1.165) is 0 Å². The first-order chi connectivity index (χ1) is 8.24. The zero-order valence-corrected chi connectivity index (χ0v) is 9.67. The second-order valence-electron chi connectivity index (χ2n) is 3.37. The van der Waals surface area contributed by atoms with Crippen molar-refractivity contribution in [2.45, 2.75) is 6.54 Å². The second-order valence-corrected chi connectivity index (χ2v) is 3.81. The molecule has 0 N–H and O–H groups in total. The molecule has 0 saturated carbocycles. The normalized spacial score (nSPS) is 10.2. The lowest BCUT2D eigenvalue weighted by Gasteiger charge is -2.05. The molecule has 5 nitrogen and oxygen atoms in total. The molecule has 0 unspecified atom stereocenters. The van der Waals surface area contributed by atoms with E-state index in [1.54, 1.807) is 24.3 Å².